The molecule has 0 saturated heterocycles. The molecule has 0 atom stereocenters. The number of nitrogens with zero attached hydrogens (tertiary/aromatic N) is 2. The number of benzene rings is 7. The molecule has 7 aromatic rings. The smallest absolute Gasteiger partial charge is 0.217 e. The summed E-state index contributed by atoms with van der Waals surface area (Å²) in [6.45, 7) is 0. The summed E-state index contributed by atoms with van der Waals surface area (Å²) >= 11 is 12.5. The molecule has 0 aliphatic heterocycles. The van der Waals surface area contributed by atoms with Gasteiger partial charge in [-0.1, -0.05) is 120 Å². The third-order valence-electron chi connectivity index (χ3n) is 7.98. The zero-order valence-corrected chi connectivity index (χ0v) is 28.8. The average molecular weight is 718 g/mol. The fourth-order valence-electron chi connectivity index (χ4n) is 5.54. The molecule has 8 heteroatoms. The SMILES string of the molecule is N#Cc1c(C#N)c(Oc2ccccc2-c2ccccc2)c(Oc2ccc(Cl)cc2)c(Oc2ccc(Cl)cc2)c1Oc1ccccc1-c1ccccc1. The Labute approximate surface area is 310 Å². The van der Waals surface area contributed by atoms with Crippen molar-refractivity contribution in [3.8, 4) is 80.4 Å². The normalized spacial score (nSPS) is 10.5. The standard InChI is InChI=1S/C44H26Cl2N2O4/c45-31-19-23-33(24-20-31)49-43-41(51-39-17-9-7-15-35(39)29-11-3-1-4-12-29)37(27-47)38(28-48)42(44(43)50-34-25-21-32(46)22-26-34)52-40-18-10-8-16-36(40)30-13-5-2-6-14-30/h1-26H. The van der Waals surface area contributed by atoms with Gasteiger partial charge >= 0.3 is 0 Å². The van der Waals surface area contributed by atoms with E-state index in [9.17, 15) is 10.5 Å². The lowest BCUT2D eigenvalue weighted by molar-refractivity contribution is 0.365. The maximum atomic E-state index is 10.8. The number of halogens is 2. The highest BCUT2D eigenvalue weighted by molar-refractivity contribution is 6.30. The Balaban J connectivity index is 1.51. The van der Waals surface area contributed by atoms with Crippen LogP contribution in [0.25, 0.3) is 22.3 Å². The van der Waals surface area contributed by atoms with E-state index >= 15 is 0 Å². The van der Waals surface area contributed by atoms with Crippen LogP contribution in [0.1, 0.15) is 11.1 Å². The summed E-state index contributed by atoms with van der Waals surface area (Å²) in [4.78, 5) is 0. The van der Waals surface area contributed by atoms with Crippen LogP contribution in [0, 0.1) is 22.7 Å². The highest BCUT2D eigenvalue weighted by Crippen LogP contribution is 2.55. The van der Waals surface area contributed by atoms with E-state index in [0.717, 1.165) is 22.3 Å². The van der Waals surface area contributed by atoms with Crippen LogP contribution in [-0.2, 0) is 0 Å². The zero-order valence-electron chi connectivity index (χ0n) is 27.3. The second kappa shape index (κ2) is 15.5. The van der Waals surface area contributed by atoms with E-state index in [1.807, 2.05) is 97.1 Å². The molecule has 7 aromatic carbocycles. The number of para-hydroxylation sites is 2. The first-order chi connectivity index (χ1) is 25.5. The first-order valence-electron chi connectivity index (χ1n) is 16.1. The molecule has 0 unspecified atom stereocenters. The van der Waals surface area contributed by atoms with Gasteiger partial charge in [0.05, 0.1) is 0 Å². The molecule has 0 amide bonds. The van der Waals surface area contributed by atoms with Gasteiger partial charge in [0.2, 0.25) is 11.5 Å². The minimum atomic E-state index is -0.120. The first kappa shape index (κ1) is 33.8. The molecule has 0 aromatic heterocycles. The summed E-state index contributed by atoms with van der Waals surface area (Å²) in [6, 6.07) is 51.9. The van der Waals surface area contributed by atoms with Crippen LogP contribution in [0.4, 0.5) is 0 Å². The Morgan fingerprint density at radius 1 is 0.365 bits per heavy atom. The van der Waals surface area contributed by atoms with Crippen molar-refractivity contribution in [1.82, 2.24) is 0 Å². The second-order valence-corrected chi connectivity index (χ2v) is 12.2. The average Bonchev–Trinajstić information content (AvgIpc) is 3.19. The lowest BCUT2D eigenvalue weighted by Gasteiger charge is -2.23. The van der Waals surface area contributed by atoms with Crippen LogP contribution < -0.4 is 18.9 Å². The molecule has 0 saturated carbocycles. The van der Waals surface area contributed by atoms with Crippen LogP contribution in [0.15, 0.2) is 158 Å². The van der Waals surface area contributed by atoms with Crippen LogP contribution in [0.5, 0.6) is 46.0 Å². The number of hydrogen-bond acceptors (Lipinski definition) is 6. The van der Waals surface area contributed by atoms with E-state index in [1.54, 1.807) is 60.7 Å². The largest absolute Gasteiger partial charge is 0.451 e. The Kier molecular flexibility index (Phi) is 10.0. The van der Waals surface area contributed by atoms with Gasteiger partial charge in [-0.15, -0.1) is 0 Å². The molecule has 250 valence electrons. The van der Waals surface area contributed by atoms with Crippen molar-refractivity contribution < 1.29 is 18.9 Å². The van der Waals surface area contributed by atoms with Crippen molar-refractivity contribution in [3.63, 3.8) is 0 Å². The molecule has 0 fully saturated rings. The molecule has 0 heterocycles. The zero-order chi connectivity index (χ0) is 35.9. The minimum Gasteiger partial charge on any atom is -0.451 e. The Morgan fingerprint density at radius 3 is 1.08 bits per heavy atom. The lowest BCUT2D eigenvalue weighted by atomic mass is 10.0. The van der Waals surface area contributed by atoms with Gasteiger partial charge in [-0.2, -0.15) is 10.5 Å². The van der Waals surface area contributed by atoms with E-state index < -0.39 is 0 Å². The Hall–Kier alpha value is -6.70. The van der Waals surface area contributed by atoms with Crippen molar-refractivity contribution in [3.05, 3.63) is 179 Å². The van der Waals surface area contributed by atoms with E-state index in [0.29, 0.717) is 33.0 Å². The van der Waals surface area contributed by atoms with Gasteiger partial charge < -0.3 is 18.9 Å². The topological polar surface area (TPSA) is 84.5 Å². The summed E-state index contributed by atoms with van der Waals surface area (Å²) in [5, 5.41) is 22.6. The van der Waals surface area contributed by atoms with Gasteiger partial charge in [-0.25, -0.2) is 0 Å². The predicted octanol–water partition coefficient (Wildman–Crippen LogP) is 13.2. The van der Waals surface area contributed by atoms with Crippen LogP contribution in [0.2, 0.25) is 10.0 Å². The number of ether oxygens (including phenoxy) is 4. The highest BCUT2D eigenvalue weighted by Gasteiger charge is 2.32. The van der Waals surface area contributed by atoms with Crippen LogP contribution >= 0.6 is 23.2 Å². The maximum absolute atomic E-state index is 10.8. The summed E-state index contributed by atoms with van der Waals surface area (Å²) < 4.78 is 26.5. The Morgan fingerprint density at radius 2 is 0.712 bits per heavy atom. The van der Waals surface area contributed by atoms with Crippen LogP contribution in [0.3, 0.4) is 0 Å². The van der Waals surface area contributed by atoms with Crippen molar-refractivity contribution >= 4 is 23.2 Å². The van der Waals surface area contributed by atoms with Gasteiger partial charge in [-0.05, 0) is 71.8 Å². The molecule has 52 heavy (non-hydrogen) atoms. The summed E-state index contributed by atoms with van der Waals surface area (Å²) in [6.07, 6.45) is 0. The number of rotatable bonds is 10. The summed E-state index contributed by atoms with van der Waals surface area (Å²) in [7, 11) is 0. The quantitative estimate of drug-likeness (QED) is 0.140. The Bertz CT molecular complexity index is 2270. The highest BCUT2D eigenvalue weighted by atomic mass is 35.5. The lowest BCUT2D eigenvalue weighted by Crippen LogP contribution is -2.04. The van der Waals surface area contributed by atoms with Gasteiger partial charge in [0.25, 0.3) is 0 Å². The fraction of sp³-hybridized carbons (Fsp3) is 0. The molecule has 0 spiro atoms. The van der Waals surface area contributed by atoms with Gasteiger partial charge in [0.1, 0.15) is 46.3 Å². The third kappa shape index (κ3) is 7.26. The van der Waals surface area contributed by atoms with Gasteiger partial charge in [0.15, 0.2) is 11.5 Å². The van der Waals surface area contributed by atoms with Crippen molar-refractivity contribution in [2.24, 2.45) is 0 Å². The van der Waals surface area contributed by atoms with Gasteiger partial charge in [-0.3, -0.25) is 0 Å². The molecule has 0 bridgehead atoms. The molecule has 0 aliphatic carbocycles. The van der Waals surface area contributed by atoms with Crippen molar-refractivity contribution in [2.45, 2.75) is 0 Å². The molecule has 7 rings (SSSR count). The van der Waals surface area contributed by atoms with E-state index in [1.165, 1.54) is 0 Å². The molecule has 0 radical (unpaired) electrons. The van der Waals surface area contributed by atoms with E-state index in [2.05, 4.69) is 12.1 Å². The van der Waals surface area contributed by atoms with E-state index in [4.69, 9.17) is 42.1 Å². The molecular formula is C44H26Cl2N2O4. The second-order valence-electron chi connectivity index (χ2n) is 11.3. The third-order valence-corrected chi connectivity index (χ3v) is 8.49. The molecule has 0 aliphatic rings. The molecule has 0 N–H and O–H groups in total. The fourth-order valence-corrected chi connectivity index (χ4v) is 5.79. The predicted molar refractivity (Wildman–Crippen MR) is 203 cm³/mol. The van der Waals surface area contributed by atoms with Crippen molar-refractivity contribution in [1.29, 1.82) is 10.5 Å². The summed E-state index contributed by atoms with van der Waals surface area (Å²) in [5.41, 5.74) is 3.02. The monoisotopic (exact) mass is 716 g/mol. The van der Waals surface area contributed by atoms with Crippen LogP contribution in [-0.4, -0.2) is 0 Å². The minimum absolute atomic E-state index is 0.0112. The molecular weight excluding hydrogens is 691 g/mol. The number of nitriles is 2. The van der Waals surface area contributed by atoms with Crippen molar-refractivity contribution in [2.75, 3.05) is 0 Å². The number of hydrogen-bond donors (Lipinski definition) is 0. The van der Waals surface area contributed by atoms with Gasteiger partial charge in [0, 0.05) is 21.2 Å². The molecule has 6 nitrogen and oxygen atoms in total. The first-order valence-corrected chi connectivity index (χ1v) is 16.8. The summed E-state index contributed by atoms with van der Waals surface area (Å²) in [5.74, 6) is 1.42. The maximum Gasteiger partial charge on any atom is 0.217 e. The van der Waals surface area contributed by atoms with E-state index in [-0.39, 0.29) is 34.1 Å².